The molecule has 2 aliphatic carbocycles. The minimum atomic E-state index is -0.564. The average Bonchev–Trinajstić information content (AvgIpc) is 2.57. The number of ether oxygens (including phenoxy) is 1. The number of ketones is 1. The van der Waals surface area contributed by atoms with Crippen molar-refractivity contribution in [2.45, 2.75) is 64.5 Å². The third kappa shape index (κ3) is 2.86. The molecule has 0 unspecified atom stereocenters. The van der Waals surface area contributed by atoms with Crippen LogP contribution in [0.2, 0.25) is 5.15 Å². The number of nitrogens with zero attached hydrogens (tertiary/aromatic N) is 2. The first kappa shape index (κ1) is 18.7. The Morgan fingerprint density at radius 3 is 2.81 bits per heavy atom. The number of amides is 1. The van der Waals surface area contributed by atoms with Crippen LogP contribution in [-0.2, 0) is 10.3 Å². The molecule has 146 valence electrons. The summed E-state index contributed by atoms with van der Waals surface area (Å²) in [5.74, 6) is 0.461. The lowest BCUT2D eigenvalue weighted by atomic mass is 9.53. The number of rotatable bonds is 0. The summed E-state index contributed by atoms with van der Waals surface area (Å²) >= 11 is 6.12. The van der Waals surface area contributed by atoms with Gasteiger partial charge in [0.05, 0.1) is 5.54 Å². The Morgan fingerprint density at radius 1 is 1.37 bits per heavy atom. The van der Waals surface area contributed by atoms with Crippen LogP contribution in [-0.4, -0.2) is 33.9 Å². The lowest BCUT2D eigenvalue weighted by Gasteiger charge is -2.60. The van der Waals surface area contributed by atoms with Crippen LogP contribution in [0.5, 0.6) is 0 Å². The van der Waals surface area contributed by atoms with E-state index in [0.717, 1.165) is 31.2 Å². The molecule has 1 saturated heterocycles. The molecule has 0 aromatic carbocycles. The Morgan fingerprint density at radius 2 is 2.11 bits per heavy atom. The molecule has 1 saturated carbocycles. The predicted octanol–water partition coefficient (Wildman–Crippen LogP) is 4.82. The minimum absolute atomic E-state index is 0.0886. The molecular weight excluding hydrogens is 364 g/mol. The quantitative estimate of drug-likeness (QED) is 0.596. The Kier molecular flexibility index (Phi) is 4.30. The number of aromatic nitrogens is 1. The predicted molar refractivity (Wildman–Crippen MR) is 103 cm³/mol. The largest absolute Gasteiger partial charge is 0.444 e. The molecule has 3 aliphatic rings. The molecule has 1 aromatic rings. The number of piperidine rings is 1. The number of pyridine rings is 1. The van der Waals surface area contributed by atoms with Crippen LogP contribution >= 0.6 is 11.6 Å². The second-order valence-corrected chi connectivity index (χ2v) is 9.74. The van der Waals surface area contributed by atoms with Gasteiger partial charge in [-0.2, -0.15) is 0 Å². The van der Waals surface area contributed by atoms with Gasteiger partial charge in [-0.3, -0.25) is 9.69 Å². The maximum Gasteiger partial charge on any atom is 0.411 e. The molecule has 5 nitrogen and oxygen atoms in total. The number of likely N-dealkylation sites (tertiary alicyclic amines) is 1. The molecule has 4 atom stereocenters. The fourth-order valence-corrected chi connectivity index (χ4v) is 5.73. The van der Waals surface area contributed by atoms with Crippen molar-refractivity contribution in [2.24, 2.45) is 17.8 Å². The van der Waals surface area contributed by atoms with Gasteiger partial charge in [0.25, 0.3) is 0 Å². The van der Waals surface area contributed by atoms with Crippen LogP contribution in [0.1, 0.15) is 69.4 Å². The Balaban J connectivity index is 1.90. The molecule has 0 spiro atoms. The van der Waals surface area contributed by atoms with E-state index in [1.54, 1.807) is 6.07 Å². The lowest BCUT2D eigenvalue weighted by molar-refractivity contribution is -0.0845. The van der Waals surface area contributed by atoms with E-state index in [1.807, 2.05) is 31.7 Å². The Hall–Kier alpha value is -1.62. The zero-order valence-corrected chi connectivity index (χ0v) is 17.2. The summed E-state index contributed by atoms with van der Waals surface area (Å²) in [4.78, 5) is 32.7. The summed E-state index contributed by atoms with van der Waals surface area (Å²) in [7, 11) is 0. The number of fused-ring (bicyclic) bond motifs is 1. The molecule has 0 radical (unpaired) electrons. The fourth-order valence-electron chi connectivity index (χ4n) is 5.58. The number of carbonyl (C=O) groups excluding carboxylic acids is 2. The number of Topliss-reactive ketones (excluding diaryl/α,β-unsaturated/α-hetero) is 1. The van der Waals surface area contributed by atoms with Crippen molar-refractivity contribution in [2.75, 3.05) is 6.54 Å². The Bertz CT molecular complexity index is 803. The minimum Gasteiger partial charge on any atom is -0.444 e. The average molecular weight is 391 g/mol. The topological polar surface area (TPSA) is 59.5 Å². The number of carbonyl (C=O) groups is 2. The van der Waals surface area contributed by atoms with E-state index in [4.69, 9.17) is 16.3 Å². The second-order valence-electron chi connectivity index (χ2n) is 9.35. The van der Waals surface area contributed by atoms with Crippen molar-refractivity contribution >= 4 is 23.5 Å². The van der Waals surface area contributed by atoms with Gasteiger partial charge in [0.1, 0.15) is 16.4 Å². The molecule has 2 bridgehead atoms. The fraction of sp³-hybridized carbons (Fsp3) is 0.667. The number of halogens is 1. The van der Waals surface area contributed by atoms with E-state index in [1.165, 1.54) is 0 Å². The Labute approximate surface area is 165 Å². The van der Waals surface area contributed by atoms with Crippen molar-refractivity contribution in [3.05, 3.63) is 28.5 Å². The van der Waals surface area contributed by atoms with Gasteiger partial charge in [0, 0.05) is 18.0 Å². The van der Waals surface area contributed by atoms with Gasteiger partial charge >= 0.3 is 6.09 Å². The van der Waals surface area contributed by atoms with E-state index in [9.17, 15) is 9.59 Å². The van der Waals surface area contributed by atoms with Gasteiger partial charge in [-0.25, -0.2) is 9.78 Å². The molecule has 0 N–H and O–H groups in total. The van der Waals surface area contributed by atoms with Crippen molar-refractivity contribution in [3.63, 3.8) is 0 Å². The second kappa shape index (κ2) is 6.20. The van der Waals surface area contributed by atoms with Crippen molar-refractivity contribution < 1.29 is 14.3 Å². The third-order valence-electron chi connectivity index (χ3n) is 6.31. The van der Waals surface area contributed by atoms with E-state index >= 15 is 0 Å². The highest BCUT2D eigenvalue weighted by molar-refractivity contribution is 6.29. The van der Waals surface area contributed by atoms with Crippen LogP contribution in [0, 0.1) is 17.8 Å². The maximum absolute atomic E-state index is 13.2. The summed E-state index contributed by atoms with van der Waals surface area (Å²) in [6.45, 7) is 8.47. The van der Waals surface area contributed by atoms with Gasteiger partial charge in [-0.1, -0.05) is 24.6 Å². The summed E-state index contributed by atoms with van der Waals surface area (Å²) in [6.07, 6.45) is 3.22. The first-order valence-electron chi connectivity index (χ1n) is 9.85. The lowest BCUT2D eigenvalue weighted by Crippen LogP contribution is -2.65. The van der Waals surface area contributed by atoms with Gasteiger partial charge in [0.15, 0.2) is 5.78 Å². The van der Waals surface area contributed by atoms with Crippen LogP contribution in [0.3, 0.4) is 0 Å². The van der Waals surface area contributed by atoms with Crippen molar-refractivity contribution in [3.8, 4) is 0 Å². The molecule has 4 rings (SSSR count). The maximum atomic E-state index is 13.2. The standard InChI is InChI=1S/C21H27ClN2O3/c1-12-10-13-14-6-5-9-24(19(26)27-20(2,3)4)21(14,11-12)15-7-8-16(22)23-17(15)18(13)25/h7-8,12-14H,5-6,9-11H2,1-4H3/t12-,13-,14-,21-/m1/s1. The molecular formula is C21H27ClN2O3. The third-order valence-corrected chi connectivity index (χ3v) is 6.52. The zero-order chi connectivity index (χ0) is 19.6. The SMILES string of the molecule is C[C@@H]1C[C@H]2C(=O)c3nc(Cl)ccc3[C@@]3(C1)[C@@H]2CCCN3C(=O)OC(C)(C)C. The summed E-state index contributed by atoms with van der Waals surface area (Å²) in [5, 5.41) is 0.322. The van der Waals surface area contributed by atoms with Crippen LogP contribution in [0.4, 0.5) is 4.79 Å². The molecule has 1 aliphatic heterocycles. The molecule has 27 heavy (non-hydrogen) atoms. The van der Waals surface area contributed by atoms with Gasteiger partial charge in [0.2, 0.25) is 0 Å². The number of hydrogen-bond acceptors (Lipinski definition) is 4. The highest BCUT2D eigenvalue weighted by Gasteiger charge is 2.61. The highest BCUT2D eigenvalue weighted by atomic mass is 35.5. The van der Waals surface area contributed by atoms with Gasteiger partial charge in [-0.15, -0.1) is 0 Å². The molecule has 1 aromatic heterocycles. The van der Waals surface area contributed by atoms with Gasteiger partial charge in [-0.05, 0) is 64.4 Å². The first-order chi connectivity index (χ1) is 12.6. The van der Waals surface area contributed by atoms with Crippen molar-refractivity contribution in [1.29, 1.82) is 0 Å². The van der Waals surface area contributed by atoms with E-state index in [0.29, 0.717) is 23.3 Å². The van der Waals surface area contributed by atoms with Gasteiger partial charge < -0.3 is 4.74 Å². The molecule has 1 amide bonds. The molecule has 2 fully saturated rings. The normalized spacial score (nSPS) is 32.6. The van der Waals surface area contributed by atoms with E-state index in [-0.39, 0.29) is 23.7 Å². The first-order valence-corrected chi connectivity index (χ1v) is 10.2. The zero-order valence-electron chi connectivity index (χ0n) is 16.4. The van der Waals surface area contributed by atoms with Crippen LogP contribution < -0.4 is 0 Å². The van der Waals surface area contributed by atoms with E-state index < -0.39 is 11.1 Å². The highest BCUT2D eigenvalue weighted by Crippen LogP contribution is 2.59. The van der Waals surface area contributed by atoms with Crippen LogP contribution in [0.15, 0.2) is 12.1 Å². The molecule has 6 heteroatoms. The van der Waals surface area contributed by atoms with E-state index in [2.05, 4.69) is 11.9 Å². The molecule has 2 heterocycles. The van der Waals surface area contributed by atoms with Crippen molar-refractivity contribution in [1.82, 2.24) is 9.88 Å². The monoisotopic (exact) mass is 390 g/mol. The smallest absolute Gasteiger partial charge is 0.411 e. The summed E-state index contributed by atoms with van der Waals surface area (Å²) in [6, 6.07) is 3.65. The summed E-state index contributed by atoms with van der Waals surface area (Å²) in [5.41, 5.74) is 0.219. The van der Waals surface area contributed by atoms with Crippen LogP contribution in [0.25, 0.3) is 0 Å². The number of hydrogen-bond donors (Lipinski definition) is 0. The summed E-state index contributed by atoms with van der Waals surface area (Å²) < 4.78 is 5.77.